The summed E-state index contributed by atoms with van der Waals surface area (Å²) in [4.78, 5) is 9.01. The first-order chi connectivity index (χ1) is 12.8. The van der Waals surface area contributed by atoms with Crippen LogP contribution in [0.1, 0.15) is 11.3 Å². The van der Waals surface area contributed by atoms with E-state index in [4.69, 9.17) is 9.47 Å². The summed E-state index contributed by atoms with van der Waals surface area (Å²) >= 11 is 0. The van der Waals surface area contributed by atoms with E-state index in [1.165, 1.54) is 5.56 Å². The Morgan fingerprint density at radius 3 is 2.58 bits per heavy atom. The second-order valence-corrected chi connectivity index (χ2v) is 6.04. The third kappa shape index (κ3) is 3.85. The fourth-order valence-corrected chi connectivity index (χ4v) is 2.75. The Balaban J connectivity index is 1.49. The van der Waals surface area contributed by atoms with E-state index < -0.39 is 0 Å². The molecule has 0 bridgehead atoms. The van der Waals surface area contributed by atoms with E-state index in [1.54, 1.807) is 0 Å². The Labute approximate surface area is 152 Å². The predicted molar refractivity (Wildman–Crippen MR) is 101 cm³/mol. The molecule has 0 saturated heterocycles. The molecule has 0 aliphatic carbocycles. The minimum Gasteiger partial charge on any atom is -0.486 e. The Morgan fingerprint density at radius 2 is 1.73 bits per heavy atom. The molecule has 0 spiro atoms. The maximum absolute atomic E-state index is 5.62. The molecule has 2 aromatic carbocycles. The number of nitrogens with zero attached hydrogens (tertiary/aromatic N) is 2. The maximum Gasteiger partial charge on any atom is 0.229 e. The fourth-order valence-electron chi connectivity index (χ4n) is 2.75. The molecule has 0 fully saturated rings. The van der Waals surface area contributed by atoms with Gasteiger partial charge < -0.3 is 20.1 Å². The van der Waals surface area contributed by atoms with E-state index in [-0.39, 0.29) is 0 Å². The number of nitrogens with one attached hydrogen (secondary N) is 2. The van der Waals surface area contributed by atoms with Crippen molar-refractivity contribution >= 4 is 17.5 Å². The smallest absolute Gasteiger partial charge is 0.229 e. The number of ether oxygens (including phenoxy) is 2. The Morgan fingerprint density at radius 1 is 0.923 bits per heavy atom. The summed E-state index contributed by atoms with van der Waals surface area (Å²) in [6, 6.07) is 17.9. The van der Waals surface area contributed by atoms with Crippen LogP contribution in [-0.4, -0.2) is 23.2 Å². The molecule has 4 rings (SSSR count). The molecular weight excluding hydrogens is 328 g/mol. The summed E-state index contributed by atoms with van der Waals surface area (Å²) in [6.45, 7) is 3.80. The first kappa shape index (κ1) is 16.2. The van der Waals surface area contributed by atoms with Crippen molar-refractivity contribution < 1.29 is 9.47 Å². The monoisotopic (exact) mass is 348 g/mol. The third-order valence-electron chi connectivity index (χ3n) is 3.97. The molecule has 2 heterocycles. The number of fused-ring (bicyclic) bond motifs is 1. The van der Waals surface area contributed by atoms with Crippen LogP contribution in [0.5, 0.6) is 11.5 Å². The van der Waals surface area contributed by atoms with E-state index in [0.717, 1.165) is 28.7 Å². The number of anilines is 3. The topological polar surface area (TPSA) is 68.3 Å². The number of aryl methyl sites for hydroxylation is 1. The van der Waals surface area contributed by atoms with Gasteiger partial charge in [0.1, 0.15) is 19.0 Å². The van der Waals surface area contributed by atoms with Gasteiger partial charge in [-0.3, -0.25) is 0 Å². The van der Waals surface area contributed by atoms with Crippen LogP contribution >= 0.6 is 0 Å². The van der Waals surface area contributed by atoms with Crippen molar-refractivity contribution in [3.8, 4) is 11.5 Å². The molecule has 2 N–H and O–H groups in total. The molecule has 3 aromatic rings. The zero-order valence-electron chi connectivity index (χ0n) is 14.5. The van der Waals surface area contributed by atoms with Crippen LogP contribution in [0.15, 0.2) is 54.6 Å². The minimum atomic E-state index is 0.539. The van der Waals surface area contributed by atoms with Crippen LogP contribution in [0.25, 0.3) is 0 Å². The minimum absolute atomic E-state index is 0.539. The maximum atomic E-state index is 5.62. The molecule has 0 atom stereocenters. The molecule has 26 heavy (non-hydrogen) atoms. The number of rotatable bonds is 5. The van der Waals surface area contributed by atoms with Crippen LogP contribution in [0.3, 0.4) is 0 Å². The molecule has 0 saturated carbocycles. The highest BCUT2D eigenvalue weighted by Crippen LogP contribution is 2.33. The van der Waals surface area contributed by atoms with E-state index in [1.807, 2.05) is 49.4 Å². The van der Waals surface area contributed by atoms with Gasteiger partial charge in [0.2, 0.25) is 5.95 Å². The van der Waals surface area contributed by atoms with Crippen LogP contribution in [0.4, 0.5) is 17.5 Å². The molecule has 0 unspecified atom stereocenters. The van der Waals surface area contributed by atoms with Gasteiger partial charge in [0.25, 0.3) is 0 Å². The number of hydrogen-bond donors (Lipinski definition) is 2. The Hall–Kier alpha value is -3.28. The van der Waals surface area contributed by atoms with Gasteiger partial charge in [0.05, 0.1) is 0 Å². The molecule has 0 radical (unpaired) electrons. The van der Waals surface area contributed by atoms with Gasteiger partial charge in [-0.2, -0.15) is 4.98 Å². The van der Waals surface area contributed by atoms with Crippen molar-refractivity contribution in [3.63, 3.8) is 0 Å². The molecule has 1 aliphatic rings. The Bertz CT molecular complexity index is 900. The van der Waals surface area contributed by atoms with Crippen molar-refractivity contribution in [1.29, 1.82) is 0 Å². The average molecular weight is 348 g/mol. The van der Waals surface area contributed by atoms with Crippen molar-refractivity contribution in [2.75, 3.05) is 23.8 Å². The van der Waals surface area contributed by atoms with Crippen molar-refractivity contribution in [2.24, 2.45) is 0 Å². The number of aromatic nitrogens is 2. The lowest BCUT2D eigenvalue weighted by atomic mass is 10.2. The van der Waals surface area contributed by atoms with E-state index >= 15 is 0 Å². The molecule has 0 amide bonds. The van der Waals surface area contributed by atoms with Crippen LogP contribution in [0.2, 0.25) is 0 Å². The summed E-state index contributed by atoms with van der Waals surface area (Å²) in [7, 11) is 0. The van der Waals surface area contributed by atoms with Gasteiger partial charge in [-0.1, -0.05) is 30.3 Å². The van der Waals surface area contributed by atoms with Crippen LogP contribution < -0.4 is 20.1 Å². The number of benzene rings is 2. The highest BCUT2D eigenvalue weighted by atomic mass is 16.6. The van der Waals surface area contributed by atoms with Crippen LogP contribution in [-0.2, 0) is 6.54 Å². The Kier molecular flexibility index (Phi) is 4.55. The summed E-state index contributed by atoms with van der Waals surface area (Å²) in [6.07, 6.45) is 0. The van der Waals surface area contributed by atoms with Crippen molar-refractivity contribution in [3.05, 3.63) is 65.9 Å². The largest absolute Gasteiger partial charge is 0.486 e. The normalized spacial score (nSPS) is 12.5. The standard InChI is InChI=1S/C20H20N4O2/c1-14-11-19(21-13-15-5-3-2-4-6-15)24-20(22-14)23-16-7-8-17-18(12-16)26-10-9-25-17/h2-8,11-12H,9-10,13H2,1H3,(H2,21,22,23,24). The van der Waals surface area contributed by atoms with E-state index in [9.17, 15) is 0 Å². The second kappa shape index (κ2) is 7.31. The molecule has 1 aromatic heterocycles. The van der Waals surface area contributed by atoms with Gasteiger partial charge in [0.15, 0.2) is 11.5 Å². The van der Waals surface area contributed by atoms with E-state index in [0.29, 0.717) is 25.7 Å². The van der Waals surface area contributed by atoms with Gasteiger partial charge in [-0.15, -0.1) is 0 Å². The predicted octanol–water partition coefficient (Wildman–Crippen LogP) is 3.91. The fraction of sp³-hybridized carbons (Fsp3) is 0.200. The van der Waals surface area contributed by atoms with Crippen molar-refractivity contribution in [1.82, 2.24) is 9.97 Å². The quantitative estimate of drug-likeness (QED) is 0.729. The summed E-state index contributed by atoms with van der Waals surface area (Å²) in [5, 5.41) is 6.58. The summed E-state index contributed by atoms with van der Waals surface area (Å²) in [5.74, 6) is 2.81. The van der Waals surface area contributed by atoms with Gasteiger partial charge in [0, 0.05) is 30.1 Å². The molecule has 6 nitrogen and oxygen atoms in total. The number of hydrogen-bond acceptors (Lipinski definition) is 6. The highest BCUT2D eigenvalue weighted by Gasteiger charge is 2.12. The molecule has 132 valence electrons. The second-order valence-electron chi connectivity index (χ2n) is 6.04. The lowest BCUT2D eigenvalue weighted by molar-refractivity contribution is 0.171. The van der Waals surface area contributed by atoms with Gasteiger partial charge in [-0.05, 0) is 24.6 Å². The highest BCUT2D eigenvalue weighted by molar-refractivity contribution is 5.61. The molecule has 1 aliphatic heterocycles. The van der Waals surface area contributed by atoms with Crippen molar-refractivity contribution in [2.45, 2.75) is 13.5 Å². The lowest BCUT2D eigenvalue weighted by Crippen LogP contribution is -2.15. The first-order valence-electron chi connectivity index (χ1n) is 8.56. The SMILES string of the molecule is Cc1cc(NCc2ccccc2)nc(Nc2ccc3c(c2)OCCO3)n1. The average Bonchev–Trinajstić information content (AvgIpc) is 2.67. The first-order valence-corrected chi connectivity index (χ1v) is 8.56. The third-order valence-corrected chi connectivity index (χ3v) is 3.97. The van der Waals surface area contributed by atoms with Gasteiger partial charge in [-0.25, -0.2) is 4.98 Å². The van der Waals surface area contributed by atoms with E-state index in [2.05, 4.69) is 32.7 Å². The molecular formula is C20H20N4O2. The lowest BCUT2D eigenvalue weighted by Gasteiger charge is -2.19. The van der Waals surface area contributed by atoms with Crippen LogP contribution in [0, 0.1) is 6.92 Å². The summed E-state index contributed by atoms with van der Waals surface area (Å²) < 4.78 is 11.2. The summed E-state index contributed by atoms with van der Waals surface area (Å²) in [5.41, 5.74) is 2.94. The zero-order valence-corrected chi connectivity index (χ0v) is 14.5. The zero-order chi connectivity index (χ0) is 17.8. The van der Waals surface area contributed by atoms with Gasteiger partial charge >= 0.3 is 0 Å². The molecule has 6 heteroatoms.